The molecule has 174 valence electrons. The number of likely N-dealkylation sites (tertiary alicyclic amines) is 1. The van der Waals surface area contributed by atoms with E-state index in [1.165, 1.54) is 6.20 Å². The Morgan fingerprint density at radius 1 is 1.00 bits per heavy atom. The average Bonchev–Trinajstić information content (AvgIpc) is 3.27. The first kappa shape index (κ1) is 23.2. The van der Waals surface area contributed by atoms with Gasteiger partial charge >= 0.3 is 0 Å². The molecule has 0 saturated carbocycles. The molecule has 1 fully saturated rings. The highest BCUT2D eigenvalue weighted by molar-refractivity contribution is 5.93. The van der Waals surface area contributed by atoms with Crippen molar-refractivity contribution in [3.63, 3.8) is 0 Å². The van der Waals surface area contributed by atoms with Gasteiger partial charge in [-0.1, -0.05) is 48.5 Å². The van der Waals surface area contributed by atoms with Crippen molar-refractivity contribution in [2.75, 3.05) is 25.0 Å². The highest BCUT2D eigenvalue weighted by Gasteiger charge is 2.23. The number of nitrogens with one attached hydrogen (secondary N) is 2. The van der Waals surface area contributed by atoms with Crippen LogP contribution in [0.15, 0.2) is 66.9 Å². The first-order chi connectivity index (χ1) is 16.6. The predicted molar refractivity (Wildman–Crippen MR) is 129 cm³/mol. The lowest BCUT2D eigenvalue weighted by molar-refractivity contribution is -0.122. The molecule has 2 aromatic carbocycles. The third-order valence-corrected chi connectivity index (χ3v) is 5.95. The number of carbonyl (C=O) groups excluding carboxylic acids is 2. The fourth-order valence-electron chi connectivity index (χ4n) is 4.13. The summed E-state index contributed by atoms with van der Waals surface area (Å²) in [5.74, 6) is 0.247. The van der Waals surface area contributed by atoms with Gasteiger partial charge in [0.2, 0.25) is 11.8 Å². The van der Waals surface area contributed by atoms with Gasteiger partial charge in [0.25, 0.3) is 0 Å². The van der Waals surface area contributed by atoms with Gasteiger partial charge in [-0.2, -0.15) is 10.4 Å². The summed E-state index contributed by atoms with van der Waals surface area (Å²) in [7, 11) is 0. The highest BCUT2D eigenvalue weighted by atomic mass is 16.2. The summed E-state index contributed by atoms with van der Waals surface area (Å²) in [6.45, 7) is 1.67. The lowest BCUT2D eigenvalue weighted by atomic mass is 10.0. The van der Waals surface area contributed by atoms with Crippen molar-refractivity contribution in [3.8, 4) is 11.8 Å². The zero-order chi connectivity index (χ0) is 23.8. The van der Waals surface area contributed by atoms with Crippen molar-refractivity contribution in [2.24, 2.45) is 0 Å². The number of para-hydroxylation sites is 1. The summed E-state index contributed by atoms with van der Waals surface area (Å²) < 4.78 is 1.56. The number of nitriles is 1. The second kappa shape index (κ2) is 11.3. The third-order valence-electron chi connectivity index (χ3n) is 5.95. The van der Waals surface area contributed by atoms with Crippen LogP contribution >= 0.6 is 0 Å². The molecule has 1 aliphatic heterocycles. The Bertz CT molecular complexity index is 1150. The van der Waals surface area contributed by atoms with Gasteiger partial charge in [-0.3, -0.25) is 14.5 Å². The third kappa shape index (κ3) is 6.09. The first-order valence-corrected chi connectivity index (χ1v) is 11.5. The van der Waals surface area contributed by atoms with E-state index in [9.17, 15) is 14.9 Å². The summed E-state index contributed by atoms with van der Waals surface area (Å²) in [6, 6.07) is 21.6. The van der Waals surface area contributed by atoms with Crippen LogP contribution in [0.1, 0.15) is 30.4 Å². The van der Waals surface area contributed by atoms with Gasteiger partial charge in [-0.15, -0.1) is 0 Å². The molecule has 0 atom stereocenters. The van der Waals surface area contributed by atoms with Crippen LogP contribution in [-0.2, 0) is 16.0 Å². The molecule has 0 bridgehead atoms. The molecule has 2 heterocycles. The number of aromatic nitrogens is 2. The van der Waals surface area contributed by atoms with Crippen molar-refractivity contribution < 1.29 is 9.59 Å². The maximum atomic E-state index is 12.7. The smallest absolute Gasteiger partial charge is 0.239 e. The lowest BCUT2D eigenvalue weighted by Gasteiger charge is -2.31. The highest BCUT2D eigenvalue weighted by Crippen LogP contribution is 2.20. The first-order valence-electron chi connectivity index (χ1n) is 11.5. The number of aryl methyl sites for hydroxylation is 1. The van der Waals surface area contributed by atoms with E-state index in [1.54, 1.807) is 4.68 Å². The van der Waals surface area contributed by atoms with Gasteiger partial charge in [0.05, 0.1) is 18.4 Å². The molecule has 3 aromatic rings. The van der Waals surface area contributed by atoms with Gasteiger partial charge in [-0.05, 0) is 37.0 Å². The second-order valence-corrected chi connectivity index (χ2v) is 8.42. The van der Waals surface area contributed by atoms with Crippen LogP contribution < -0.4 is 10.6 Å². The van der Waals surface area contributed by atoms with Gasteiger partial charge in [-0.25, -0.2) is 4.68 Å². The Morgan fingerprint density at radius 3 is 2.35 bits per heavy atom. The van der Waals surface area contributed by atoms with E-state index in [1.807, 2.05) is 60.7 Å². The monoisotopic (exact) mass is 456 g/mol. The molecule has 1 saturated heterocycles. The van der Waals surface area contributed by atoms with Gasteiger partial charge < -0.3 is 10.6 Å². The maximum absolute atomic E-state index is 12.7. The van der Waals surface area contributed by atoms with Crippen LogP contribution in [0.25, 0.3) is 5.69 Å². The largest absolute Gasteiger partial charge is 0.353 e. The molecule has 2 N–H and O–H groups in total. The Hall–Kier alpha value is -3.96. The normalized spacial score (nSPS) is 14.3. The number of benzene rings is 2. The zero-order valence-corrected chi connectivity index (χ0v) is 19.0. The van der Waals surface area contributed by atoms with E-state index >= 15 is 0 Å². The summed E-state index contributed by atoms with van der Waals surface area (Å²) in [5, 5.41) is 19.7. The average molecular weight is 457 g/mol. The van der Waals surface area contributed by atoms with Gasteiger partial charge in [0.1, 0.15) is 11.6 Å². The van der Waals surface area contributed by atoms with Crippen molar-refractivity contribution in [2.45, 2.75) is 31.7 Å². The Morgan fingerprint density at radius 2 is 1.68 bits per heavy atom. The summed E-state index contributed by atoms with van der Waals surface area (Å²) in [4.78, 5) is 27.1. The molecular formula is C26H28N6O2. The van der Waals surface area contributed by atoms with Gasteiger partial charge in [0.15, 0.2) is 5.82 Å². The molecule has 0 radical (unpaired) electrons. The number of carbonyl (C=O) groups is 2. The molecular weight excluding hydrogens is 428 g/mol. The Balaban J connectivity index is 1.24. The van der Waals surface area contributed by atoms with E-state index < -0.39 is 0 Å². The topological polar surface area (TPSA) is 103 Å². The van der Waals surface area contributed by atoms with Crippen molar-refractivity contribution in [3.05, 3.63) is 78.0 Å². The van der Waals surface area contributed by atoms with E-state index in [0.717, 1.165) is 43.6 Å². The standard InChI is InChI=1S/C26H28N6O2/c27-17-21-18-28-32(23-9-5-2-6-10-23)26(21)30-25(34)19-31-15-13-22(14-16-31)29-24(33)12-11-20-7-3-1-4-8-20/h1-10,18,22H,11-16,19H2,(H,29,33)(H,30,34). The summed E-state index contributed by atoms with van der Waals surface area (Å²) >= 11 is 0. The minimum absolute atomic E-state index is 0.0678. The minimum Gasteiger partial charge on any atom is -0.353 e. The van der Waals surface area contributed by atoms with Crippen LogP contribution in [0, 0.1) is 11.3 Å². The maximum Gasteiger partial charge on any atom is 0.239 e. The number of piperidine rings is 1. The zero-order valence-electron chi connectivity index (χ0n) is 19.0. The van der Waals surface area contributed by atoms with E-state index in [4.69, 9.17) is 0 Å². The number of hydrogen-bond donors (Lipinski definition) is 2. The molecule has 34 heavy (non-hydrogen) atoms. The number of nitrogens with zero attached hydrogens (tertiary/aromatic N) is 4. The number of anilines is 1. The Labute approximate surface area is 199 Å². The molecule has 8 heteroatoms. The molecule has 0 unspecified atom stereocenters. The van der Waals surface area contributed by atoms with E-state index in [0.29, 0.717) is 17.8 Å². The molecule has 0 spiro atoms. The van der Waals surface area contributed by atoms with Crippen LogP contribution in [-0.4, -0.2) is 52.2 Å². The number of amides is 2. The number of rotatable bonds is 8. The second-order valence-electron chi connectivity index (χ2n) is 8.42. The van der Waals surface area contributed by atoms with Crippen molar-refractivity contribution >= 4 is 17.6 Å². The molecule has 0 aliphatic carbocycles. The molecule has 8 nitrogen and oxygen atoms in total. The predicted octanol–water partition coefficient (Wildman–Crippen LogP) is 2.90. The molecule has 2 amide bonds. The Kier molecular flexibility index (Phi) is 7.68. The van der Waals surface area contributed by atoms with Crippen molar-refractivity contribution in [1.29, 1.82) is 5.26 Å². The van der Waals surface area contributed by atoms with Crippen LogP contribution in [0.2, 0.25) is 0 Å². The molecule has 1 aromatic heterocycles. The summed E-state index contributed by atoms with van der Waals surface area (Å²) in [5.41, 5.74) is 2.24. The van der Waals surface area contributed by atoms with Crippen LogP contribution in [0.3, 0.4) is 0 Å². The summed E-state index contributed by atoms with van der Waals surface area (Å²) in [6.07, 6.45) is 4.26. The minimum atomic E-state index is -0.195. The fraction of sp³-hybridized carbons (Fsp3) is 0.308. The van der Waals surface area contributed by atoms with Gasteiger partial charge in [0, 0.05) is 25.6 Å². The van der Waals surface area contributed by atoms with E-state index in [2.05, 4.69) is 26.7 Å². The number of hydrogen-bond acceptors (Lipinski definition) is 5. The van der Waals surface area contributed by atoms with Crippen LogP contribution in [0.5, 0.6) is 0 Å². The SMILES string of the molecule is N#Cc1cnn(-c2ccccc2)c1NC(=O)CN1CCC(NC(=O)CCc2ccccc2)CC1. The van der Waals surface area contributed by atoms with E-state index in [-0.39, 0.29) is 24.4 Å². The van der Waals surface area contributed by atoms with Crippen molar-refractivity contribution in [1.82, 2.24) is 20.0 Å². The van der Waals surface area contributed by atoms with Crippen LogP contribution in [0.4, 0.5) is 5.82 Å². The molecule has 1 aliphatic rings. The fourth-order valence-corrected chi connectivity index (χ4v) is 4.13. The quantitative estimate of drug-likeness (QED) is 0.543. The lowest BCUT2D eigenvalue weighted by Crippen LogP contribution is -2.46. The molecule has 4 rings (SSSR count).